The van der Waals surface area contributed by atoms with E-state index < -0.39 is 17.9 Å². The smallest absolute Gasteiger partial charge is 0.107 e. The van der Waals surface area contributed by atoms with E-state index in [-0.39, 0.29) is 12.0 Å². The average molecular weight is 418 g/mol. The Kier molecular flexibility index (Phi) is 7.48. The summed E-state index contributed by atoms with van der Waals surface area (Å²) in [6.07, 6.45) is 0.238. The third kappa shape index (κ3) is 5.26. The number of likely N-dealkylation sites (tertiary alicyclic amines) is 1. The number of nitrogens with zero attached hydrogens (tertiary/aromatic N) is 2. The highest BCUT2D eigenvalue weighted by Gasteiger charge is 2.38. The van der Waals surface area contributed by atoms with Gasteiger partial charge >= 0.3 is 0 Å². The minimum absolute atomic E-state index is 0.00915. The van der Waals surface area contributed by atoms with Crippen molar-refractivity contribution < 1.29 is 10.2 Å². The molecule has 1 saturated heterocycles. The fourth-order valence-corrected chi connectivity index (χ4v) is 5.27. The number of hydrogen-bond acceptors (Lipinski definition) is 6. The second-order valence-electron chi connectivity index (χ2n) is 8.68. The molecule has 2 heterocycles. The van der Waals surface area contributed by atoms with Gasteiger partial charge in [-0.2, -0.15) is 0 Å². The molecule has 160 valence electrons. The van der Waals surface area contributed by atoms with Crippen molar-refractivity contribution in [2.75, 3.05) is 20.1 Å². The number of aliphatic hydroxyl groups is 2. The van der Waals surface area contributed by atoms with E-state index >= 15 is 0 Å². The van der Waals surface area contributed by atoms with E-state index in [9.17, 15) is 10.2 Å². The molecule has 4 N–H and O–H groups in total. The van der Waals surface area contributed by atoms with Gasteiger partial charge in [0.05, 0.1) is 11.6 Å². The van der Waals surface area contributed by atoms with Crippen molar-refractivity contribution in [2.24, 2.45) is 11.7 Å². The van der Waals surface area contributed by atoms with Crippen LogP contribution in [0.4, 0.5) is 0 Å². The minimum atomic E-state index is -0.596. The lowest BCUT2D eigenvalue weighted by atomic mass is 9.81. The van der Waals surface area contributed by atoms with Crippen molar-refractivity contribution in [3.63, 3.8) is 0 Å². The lowest BCUT2D eigenvalue weighted by Crippen LogP contribution is -2.44. The maximum Gasteiger partial charge on any atom is 0.107 e. The van der Waals surface area contributed by atoms with E-state index in [1.54, 1.807) is 11.3 Å². The second kappa shape index (κ2) is 9.69. The maximum absolute atomic E-state index is 10.8. The van der Waals surface area contributed by atoms with Crippen LogP contribution in [0.1, 0.15) is 37.1 Å². The molecule has 0 saturated carbocycles. The molecule has 6 heteroatoms. The van der Waals surface area contributed by atoms with Crippen LogP contribution >= 0.6 is 11.3 Å². The molecule has 1 aromatic heterocycles. The second-order valence-corrected chi connectivity index (χ2v) is 9.63. The Hall–Kier alpha value is -1.28. The van der Waals surface area contributed by atoms with Crippen LogP contribution in [-0.4, -0.2) is 58.5 Å². The molecule has 1 fully saturated rings. The molecule has 1 aliphatic heterocycles. The molecule has 1 aromatic carbocycles. The van der Waals surface area contributed by atoms with Gasteiger partial charge in [-0.15, -0.1) is 11.3 Å². The summed E-state index contributed by atoms with van der Waals surface area (Å²) in [5.41, 5.74) is 7.56. The quantitative estimate of drug-likeness (QED) is 0.585. The highest BCUT2D eigenvalue weighted by atomic mass is 32.1. The first-order chi connectivity index (χ1) is 13.8. The molecule has 4 unspecified atom stereocenters. The van der Waals surface area contributed by atoms with Gasteiger partial charge in [-0.05, 0) is 42.8 Å². The summed E-state index contributed by atoms with van der Waals surface area (Å²) >= 11 is 1.68. The van der Waals surface area contributed by atoms with Gasteiger partial charge in [0.15, 0.2) is 0 Å². The van der Waals surface area contributed by atoms with E-state index in [0.29, 0.717) is 25.9 Å². The van der Waals surface area contributed by atoms with Crippen LogP contribution in [0.5, 0.6) is 0 Å². The summed E-state index contributed by atoms with van der Waals surface area (Å²) in [5.74, 6) is 0.280. The van der Waals surface area contributed by atoms with Crippen LogP contribution in [0.2, 0.25) is 0 Å². The van der Waals surface area contributed by atoms with Crippen LogP contribution in [0, 0.1) is 5.92 Å². The number of hydrogen-bond donors (Lipinski definition) is 3. The zero-order chi connectivity index (χ0) is 21.0. The summed E-state index contributed by atoms with van der Waals surface area (Å²) in [4.78, 5) is 5.34. The van der Waals surface area contributed by atoms with Gasteiger partial charge in [0.25, 0.3) is 0 Å². The Balaban J connectivity index is 1.57. The number of benzene rings is 1. The van der Waals surface area contributed by atoms with Crippen LogP contribution in [0.15, 0.2) is 47.8 Å². The predicted molar refractivity (Wildman–Crippen MR) is 120 cm³/mol. The van der Waals surface area contributed by atoms with Gasteiger partial charge in [-0.1, -0.05) is 50.2 Å². The van der Waals surface area contributed by atoms with Crippen molar-refractivity contribution >= 4 is 11.3 Å². The fraction of sp³-hybridized carbons (Fsp3) is 0.565. The summed E-state index contributed by atoms with van der Waals surface area (Å²) in [6.45, 7) is 6.21. The summed E-state index contributed by atoms with van der Waals surface area (Å²) in [5, 5.41) is 23.5. The van der Waals surface area contributed by atoms with Crippen molar-refractivity contribution in [2.45, 2.75) is 57.1 Å². The lowest BCUT2D eigenvalue weighted by molar-refractivity contribution is -0.00215. The number of likely N-dealkylation sites (N-methyl/N-ethyl adjacent to an activating group) is 1. The monoisotopic (exact) mass is 417 g/mol. The van der Waals surface area contributed by atoms with Crippen LogP contribution in [-0.2, 0) is 12.1 Å². The highest BCUT2D eigenvalue weighted by molar-refractivity contribution is 7.10. The van der Waals surface area contributed by atoms with Gasteiger partial charge in [0, 0.05) is 30.6 Å². The van der Waals surface area contributed by atoms with E-state index in [1.807, 2.05) is 36.2 Å². The Labute approximate surface area is 178 Å². The van der Waals surface area contributed by atoms with Gasteiger partial charge in [-0.3, -0.25) is 9.80 Å². The third-order valence-corrected chi connectivity index (χ3v) is 7.44. The topological polar surface area (TPSA) is 73.0 Å². The molecule has 4 atom stereocenters. The molecule has 3 rings (SSSR count). The van der Waals surface area contributed by atoms with Gasteiger partial charge < -0.3 is 15.9 Å². The summed E-state index contributed by atoms with van der Waals surface area (Å²) in [6, 6.07) is 14.4. The van der Waals surface area contributed by atoms with E-state index in [0.717, 1.165) is 6.54 Å². The first kappa shape index (κ1) is 22.4. The molecule has 1 aliphatic rings. The molecule has 29 heavy (non-hydrogen) atoms. The van der Waals surface area contributed by atoms with E-state index in [1.165, 1.54) is 10.4 Å². The van der Waals surface area contributed by atoms with Crippen molar-refractivity contribution in [1.82, 2.24) is 9.80 Å². The number of rotatable bonds is 9. The molecule has 2 aromatic rings. The zero-order valence-electron chi connectivity index (χ0n) is 17.7. The van der Waals surface area contributed by atoms with Crippen molar-refractivity contribution in [3.05, 3.63) is 58.3 Å². The number of aliphatic hydroxyl groups excluding tert-OH is 2. The molecular formula is C23H35N3O2S. The zero-order valence-corrected chi connectivity index (χ0v) is 18.6. The number of nitrogens with two attached hydrogens (primary N) is 1. The SMILES string of the molecule is CC(C)C(N)(CCC(O)N1CC(O)C(N(C)Cc2ccccc2)C1)c1cccs1. The van der Waals surface area contributed by atoms with Crippen molar-refractivity contribution in [3.8, 4) is 0 Å². The summed E-state index contributed by atoms with van der Waals surface area (Å²) < 4.78 is 0. The van der Waals surface area contributed by atoms with Crippen LogP contribution < -0.4 is 5.73 Å². The lowest BCUT2D eigenvalue weighted by Gasteiger charge is -2.35. The van der Waals surface area contributed by atoms with Gasteiger partial charge in [-0.25, -0.2) is 0 Å². The average Bonchev–Trinajstić information content (AvgIpc) is 3.36. The molecule has 5 nitrogen and oxygen atoms in total. The molecule has 0 aliphatic carbocycles. The molecule has 0 bridgehead atoms. The van der Waals surface area contributed by atoms with Crippen molar-refractivity contribution in [1.29, 1.82) is 0 Å². The minimum Gasteiger partial charge on any atom is -0.390 e. The molecular weight excluding hydrogens is 382 g/mol. The van der Waals surface area contributed by atoms with Crippen LogP contribution in [0.25, 0.3) is 0 Å². The third-order valence-electron chi connectivity index (χ3n) is 6.38. The normalized spacial score (nSPS) is 23.6. The molecule has 0 amide bonds. The Morgan fingerprint density at radius 1 is 1.21 bits per heavy atom. The number of β-amino-alcohol motifs (C(OH)–C–C–N with tert-alkyl or cyclic N) is 1. The van der Waals surface area contributed by atoms with E-state index in [4.69, 9.17) is 5.73 Å². The fourth-order valence-electron chi connectivity index (χ4n) is 4.25. The largest absolute Gasteiger partial charge is 0.390 e. The molecule has 0 spiro atoms. The first-order valence-electron chi connectivity index (χ1n) is 10.5. The molecule has 0 radical (unpaired) electrons. The Bertz CT molecular complexity index is 740. The van der Waals surface area contributed by atoms with Crippen LogP contribution in [0.3, 0.4) is 0 Å². The van der Waals surface area contributed by atoms with E-state index in [2.05, 4.69) is 42.3 Å². The maximum atomic E-state index is 10.8. The first-order valence-corrected chi connectivity index (χ1v) is 11.4. The standard InChI is InChI=1S/C23H35N3O2S/c1-17(2)23(24,21-10-7-13-29-21)12-11-22(28)26-15-19(20(27)16-26)25(3)14-18-8-5-4-6-9-18/h4-10,13,17,19-20,22,27-28H,11-12,14-16,24H2,1-3H3. The predicted octanol–water partition coefficient (Wildman–Crippen LogP) is 2.83. The Morgan fingerprint density at radius 2 is 1.93 bits per heavy atom. The number of thiophene rings is 1. The Morgan fingerprint density at radius 3 is 2.55 bits per heavy atom. The van der Waals surface area contributed by atoms with Gasteiger partial charge in [0.2, 0.25) is 0 Å². The van der Waals surface area contributed by atoms with Gasteiger partial charge in [0.1, 0.15) is 6.23 Å². The highest BCUT2D eigenvalue weighted by Crippen LogP contribution is 2.35. The summed E-state index contributed by atoms with van der Waals surface area (Å²) in [7, 11) is 2.04.